The molecule has 102 valence electrons. The van der Waals surface area contributed by atoms with Gasteiger partial charge in [0, 0.05) is 11.8 Å². The van der Waals surface area contributed by atoms with Gasteiger partial charge in [0.25, 0.3) is 0 Å². The van der Waals surface area contributed by atoms with Crippen molar-refractivity contribution in [1.29, 1.82) is 0 Å². The Labute approximate surface area is 122 Å². The summed E-state index contributed by atoms with van der Waals surface area (Å²) < 4.78 is 0. The zero-order valence-electron chi connectivity index (χ0n) is 11.4. The molecule has 0 saturated heterocycles. The van der Waals surface area contributed by atoms with Gasteiger partial charge >= 0.3 is 0 Å². The molecule has 3 nitrogen and oxygen atoms in total. The van der Waals surface area contributed by atoms with Crippen molar-refractivity contribution in [3.8, 4) is 0 Å². The molecule has 0 aliphatic heterocycles. The van der Waals surface area contributed by atoms with Gasteiger partial charge in [0.15, 0.2) is 0 Å². The van der Waals surface area contributed by atoms with Gasteiger partial charge in [0.1, 0.15) is 0 Å². The number of benzene rings is 3. The predicted molar refractivity (Wildman–Crippen MR) is 86.2 cm³/mol. The van der Waals surface area contributed by atoms with E-state index in [1.54, 1.807) is 24.4 Å². The van der Waals surface area contributed by atoms with Crippen LogP contribution in [0.15, 0.2) is 71.7 Å². The zero-order valence-corrected chi connectivity index (χ0v) is 11.4. The van der Waals surface area contributed by atoms with Crippen molar-refractivity contribution >= 4 is 28.6 Å². The highest BCUT2D eigenvalue weighted by Gasteiger charge is 2.00. The molecule has 0 radical (unpaired) electrons. The van der Waals surface area contributed by atoms with Gasteiger partial charge in [-0.15, -0.1) is 0 Å². The lowest BCUT2D eigenvalue weighted by Crippen LogP contribution is -2.10. The maximum Gasteiger partial charge on any atom is 0.248 e. The Morgan fingerprint density at radius 2 is 1.71 bits per heavy atom. The van der Waals surface area contributed by atoms with Crippen molar-refractivity contribution < 1.29 is 4.79 Å². The van der Waals surface area contributed by atoms with E-state index >= 15 is 0 Å². The smallest absolute Gasteiger partial charge is 0.248 e. The molecule has 3 aromatic carbocycles. The molecule has 0 bridgehead atoms. The summed E-state index contributed by atoms with van der Waals surface area (Å²) in [4.78, 5) is 15.5. The number of hydrogen-bond acceptors (Lipinski definition) is 2. The van der Waals surface area contributed by atoms with E-state index < -0.39 is 5.91 Å². The molecule has 21 heavy (non-hydrogen) atoms. The largest absolute Gasteiger partial charge is 0.366 e. The van der Waals surface area contributed by atoms with E-state index in [9.17, 15) is 4.79 Å². The monoisotopic (exact) mass is 274 g/mol. The van der Waals surface area contributed by atoms with Crippen LogP contribution in [-0.4, -0.2) is 12.1 Å². The Kier molecular flexibility index (Phi) is 3.48. The average Bonchev–Trinajstić information content (AvgIpc) is 2.53. The van der Waals surface area contributed by atoms with Crippen LogP contribution in [0.3, 0.4) is 0 Å². The van der Waals surface area contributed by atoms with Gasteiger partial charge in [-0.3, -0.25) is 9.79 Å². The SMILES string of the molecule is NC(=O)c1cccc(N=Cc2ccc3ccccc3c2)c1. The summed E-state index contributed by atoms with van der Waals surface area (Å²) in [5.74, 6) is -0.447. The van der Waals surface area contributed by atoms with Crippen molar-refractivity contribution in [2.75, 3.05) is 0 Å². The summed E-state index contributed by atoms with van der Waals surface area (Å²) >= 11 is 0. The minimum absolute atomic E-state index is 0.447. The molecular weight excluding hydrogens is 260 g/mol. The molecule has 0 aliphatic rings. The number of primary amides is 1. The molecule has 0 atom stereocenters. The Hall–Kier alpha value is -2.94. The first-order valence-electron chi connectivity index (χ1n) is 6.65. The third-order valence-corrected chi connectivity index (χ3v) is 3.27. The van der Waals surface area contributed by atoms with Crippen LogP contribution >= 0.6 is 0 Å². The van der Waals surface area contributed by atoms with Gasteiger partial charge < -0.3 is 5.73 Å². The van der Waals surface area contributed by atoms with E-state index in [0.717, 1.165) is 5.56 Å². The Morgan fingerprint density at radius 1 is 0.905 bits per heavy atom. The van der Waals surface area contributed by atoms with Crippen LogP contribution < -0.4 is 5.73 Å². The van der Waals surface area contributed by atoms with Crippen molar-refractivity contribution in [1.82, 2.24) is 0 Å². The number of hydrogen-bond donors (Lipinski definition) is 1. The van der Waals surface area contributed by atoms with Gasteiger partial charge in [0.2, 0.25) is 5.91 Å². The normalized spacial score (nSPS) is 11.0. The molecule has 2 N–H and O–H groups in total. The molecular formula is C18H14N2O. The fourth-order valence-corrected chi connectivity index (χ4v) is 2.18. The number of nitrogens with zero attached hydrogens (tertiary/aromatic N) is 1. The number of carbonyl (C=O) groups excluding carboxylic acids is 1. The average molecular weight is 274 g/mol. The van der Waals surface area contributed by atoms with E-state index in [-0.39, 0.29) is 0 Å². The minimum Gasteiger partial charge on any atom is -0.366 e. The molecule has 0 fully saturated rings. The summed E-state index contributed by atoms with van der Waals surface area (Å²) in [6.45, 7) is 0. The first-order valence-corrected chi connectivity index (χ1v) is 6.65. The first kappa shape index (κ1) is 13.1. The molecule has 0 heterocycles. The molecule has 0 aromatic heterocycles. The molecule has 0 unspecified atom stereocenters. The predicted octanol–water partition coefficient (Wildman–Crippen LogP) is 3.69. The van der Waals surface area contributed by atoms with Crippen molar-refractivity contribution in [3.05, 3.63) is 77.9 Å². The highest BCUT2D eigenvalue weighted by atomic mass is 16.1. The lowest BCUT2D eigenvalue weighted by Gasteiger charge is -2.00. The quantitative estimate of drug-likeness (QED) is 0.727. The van der Waals surface area contributed by atoms with Crippen LogP contribution in [0.5, 0.6) is 0 Å². The van der Waals surface area contributed by atoms with Gasteiger partial charge in [-0.05, 0) is 40.6 Å². The fourth-order valence-electron chi connectivity index (χ4n) is 2.18. The third-order valence-electron chi connectivity index (χ3n) is 3.27. The maximum absolute atomic E-state index is 11.1. The Morgan fingerprint density at radius 3 is 2.52 bits per heavy atom. The zero-order chi connectivity index (χ0) is 14.7. The highest BCUT2D eigenvalue weighted by molar-refractivity contribution is 5.94. The van der Waals surface area contributed by atoms with Crippen LogP contribution in [0.2, 0.25) is 0 Å². The van der Waals surface area contributed by atoms with Crippen LogP contribution in [0.4, 0.5) is 5.69 Å². The maximum atomic E-state index is 11.1. The summed E-state index contributed by atoms with van der Waals surface area (Å²) in [5.41, 5.74) is 7.44. The van der Waals surface area contributed by atoms with E-state index in [1.807, 2.05) is 24.3 Å². The van der Waals surface area contributed by atoms with Gasteiger partial charge in [-0.2, -0.15) is 0 Å². The molecule has 3 aromatic rings. The number of nitrogens with two attached hydrogens (primary N) is 1. The number of carbonyl (C=O) groups is 1. The molecule has 0 spiro atoms. The number of amides is 1. The van der Waals surface area contributed by atoms with Crippen molar-refractivity contribution in [2.45, 2.75) is 0 Å². The summed E-state index contributed by atoms with van der Waals surface area (Å²) in [5, 5.41) is 2.37. The second kappa shape index (κ2) is 5.59. The molecule has 0 aliphatic carbocycles. The second-order valence-electron chi connectivity index (χ2n) is 4.78. The lowest BCUT2D eigenvalue weighted by molar-refractivity contribution is 0.100. The Bertz CT molecular complexity index is 837. The minimum atomic E-state index is -0.447. The molecule has 3 heteroatoms. The molecule has 0 saturated carbocycles. The number of rotatable bonds is 3. The van der Waals surface area contributed by atoms with Crippen LogP contribution in [0.1, 0.15) is 15.9 Å². The van der Waals surface area contributed by atoms with Crippen molar-refractivity contribution in [2.24, 2.45) is 10.7 Å². The van der Waals surface area contributed by atoms with Crippen molar-refractivity contribution in [3.63, 3.8) is 0 Å². The van der Waals surface area contributed by atoms with Crippen LogP contribution in [0, 0.1) is 0 Å². The number of fused-ring (bicyclic) bond motifs is 1. The van der Waals surface area contributed by atoms with Crippen LogP contribution in [0.25, 0.3) is 10.8 Å². The first-order chi connectivity index (χ1) is 10.2. The van der Waals surface area contributed by atoms with Crippen LogP contribution in [-0.2, 0) is 0 Å². The van der Waals surface area contributed by atoms with Gasteiger partial charge in [-0.25, -0.2) is 0 Å². The third kappa shape index (κ3) is 2.98. The van der Waals surface area contributed by atoms with Gasteiger partial charge in [0.05, 0.1) is 5.69 Å². The topological polar surface area (TPSA) is 55.5 Å². The number of aliphatic imine (C=N–C) groups is 1. The van der Waals surface area contributed by atoms with E-state index in [1.165, 1.54) is 10.8 Å². The fraction of sp³-hybridized carbons (Fsp3) is 0. The summed E-state index contributed by atoms with van der Waals surface area (Å²) in [7, 11) is 0. The Balaban J connectivity index is 1.90. The van der Waals surface area contributed by atoms with E-state index in [4.69, 9.17) is 5.73 Å². The van der Waals surface area contributed by atoms with E-state index in [0.29, 0.717) is 11.3 Å². The lowest BCUT2D eigenvalue weighted by atomic mass is 10.1. The van der Waals surface area contributed by atoms with Gasteiger partial charge in [-0.1, -0.05) is 42.5 Å². The molecule has 3 rings (SSSR count). The highest BCUT2D eigenvalue weighted by Crippen LogP contribution is 2.17. The summed E-state index contributed by atoms with van der Waals surface area (Å²) in [6.07, 6.45) is 1.78. The van der Waals surface area contributed by atoms with E-state index in [2.05, 4.69) is 29.3 Å². The molecule has 1 amide bonds. The second-order valence-corrected chi connectivity index (χ2v) is 4.78. The standard InChI is InChI=1S/C18H14N2O/c19-18(21)16-6-3-7-17(11-16)20-12-13-8-9-14-4-1-2-5-15(14)10-13/h1-12H,(H2,19,21). The summed E-state index contributed by atoms with van der Waals surface area (Å²) in [6, 6.07) is 21.3.